The molecule has 0 saturated carbocycles. The lowest BCUT2D eigenvalue weighted by Gasteiger charge is -2.09. The summed E-state index contributed by atoms with van der Waals surface area (Å²) in [6.45, 7) is 0. The van der Waals surface area contributed by atoms with Crippen LogP contribution in [0.4, 0.5) is 0 Å². The Bertz CT molecular complexity index is 899. The molecule has 0 saturated heterocycles. The van der Waals surface area contributed by atoms with Gasteiger partial charge in [-0.15, -0.1) is 11.3 Å². The minimum Gasteiger partial charge on any atom is -0.348 e. The number of benzene rings is 1. The molecule has 7 heteroatoms. The van der Waals surface area contributed by atoms with Crippen molar-refractivity contribution in [3.8, 4) is 0 Å². The molecule has 2 aromatic heterocycles. The summed E-state index contributed by atoms with van der Waals surface area (Å²) in [6.07, 6.45) is 0.655. The van der Waals surface area contributed by atoms with Crippen LogP contribution in [0.1, 0.15) is 17.0 Å². The van der Waals surface area contributed by atoms with E-state index in [9.17, 15) is 9.59 Å². The Hall–Kier alpha value is -2.54. The van der Waals surface area contributed by atoms with Gasteiger partial charge in [0.25, 0.3) is 5.56 Å². The highest BCUT2D eigenvalue weighted by Crippen LogP contribution is 2.14. The fourth-order valence-electron chi connectivity index (χ4n) is 2.17. The molecule has 6 nitrogen and oxygen atoms in total. The van der Waals surface area contributed by atoms with Crippen molar-refractivity contribution >= 4 is 22.2 Å². The second-order valence-corrected chi connectivity index (χ2v) is 6.25. The van der Waals surface area contributed by atoms with Crippen LogP contribution in [0.3, 0.4) is 0 Å². The van der Waals surface area contributed by atoms with E-state index in [1.807, 2.05) is 35.7 Å². The Balaban J connectivity index is 1.98. The normalized spacial score (nSPS) is 10.9. The van der Waals surface area contributed by atoms with Crippen LogP contribution in [-0.2, 0) is 17.6 Å². The van der Waals surface area contributed by atoms with E-state index in [4.69, 9.17) is 0 Å². The fraction of sp³-hybridized carbons (Fsp3) is 0.250. The van der Waals surface area contributed by atoms with Gasteiger partial charge >= 0.3 is 0 Å². The zero-order valence-electron chi connectivity index (χ0n) is 12.9. The molecule has 118 valence electrons. The van der Waals surface area contributed by atoms with E-state index in [-0.39, 0.29) is 17.9 Å². The number of amides is 1. The van der Waals surface area contributed by atoms with Gasteiger partial charge in [-0.1, -0.05) is 30.3 Å². The first kappa shape index (κ1) is 15.4. The zero-order valence-corrected chi connectivity index (χ0v) is 13.7. The number of aromatic nitrogens is 3. The summed E-state index contributed by atoms with van der Waals surface area (Å²) in [5.74, 6) is -0.0187. The van der Waals surface area contributed by atoms with Crippen molar-refractivity contribution in [2.45, 2.75) is 12.8 Å². The summed E-state index contributed by atoms with van der Waals surface area (Å²) in [7, 11) is 3.42. The van der Waals surface area contributed by atoms with E-state index in [2.05, 4.69) is 10.1 Å². The maximum absolute atomic E-state index is 12.1. The van der Waals surface area contributed by atoms with Gasteiger partial charge in [0.2, 0.25) is 10.9 Å². The first-order valence-electron chi connectivity index (χ1n) is 7.15. The van der Waals surface area contributed by atoms with Gasteiger partial charge in [0.15, 0.2) is 0 Å². The maximum atomic E-state index is 12.1. The smallest absolute Gasteiger partial charge is 0.296 e. The molecule has 23 heavy (non-hydrogen) atoms. The Morgan fingerprint density at radius 3 is 2.70 bits per heavy atom. The lowest BCUT2D eigenvalue weighted by atomic mass is 10.1. The molecule has 0 N–H and O–H groups in total. The highest BCUT2D eigenvalue weighted by molar-refractivity contribution is 7.15. The van der Waals surface area contributed by atoms with Crippen molar-refractivity contribution in [3.05, 3.63) is 63.0 Å². The van der Waals surface area contributed by atoms with Crippen molar-refractivity contribution in [3.63, 3.8) is 0 Å². The summed E-state index contributed by atoms with van der Waals surface area (Å²) in [4.78, 5) is 30.1. The van der Waals surface area contributed by atoms with E-state index >= 15 is 0 Å². The Morgan fingerprint density at radius 2 is 2.00 bits per heavy atom. The standard InChI is InChI=1S/C16H16N4O2S/c1-19(2)14(21)9-12-10-23-16-17-15(22)13(18-20(12)16)8-11-6-4-3-5-7-11/h3-7,10H,8-9H2,1-2H3. The summed E-state index contributed by atoms with van der Waals surface area (Å²) < 4.78 is 1.60. The zero-order chi connectivity index (χ0) is 16.4. The van der Waals surface area contributed by atoms with Crippen molar-refractivity contribution in [2.75, 3.05) is 14.1 Å². The van der Waals surface area contributed by atoms with Crippen LogP contribution < -0.4 is 5.56 Å². The first-order chi connectivity index (χ1) is 11.0. The average Bonchev–Trinajstić information content (AvgIpc) is 2.90. The molecule has 0 radical (unpaired) electrons. The largest absolute Gasteiger partial charge is 0.348 e. The predicted molar refractivity (Wildman–Crippen MR) is 88.8 cm³/mol. The van der Waals surface area contributed by atoms with Crippen LogP contribution in [0, 0.1) is 0 Å². The first-order valence-corrected chi connectivity index (χ1v) is 8.03. The fourth-order valence-corrected chi connectivity index (χ4v) is 2.99. The third-order valence-electron chi connectivity index (χ3n) is 3.46. The van der Waals surface area contributed by atoms with Gasteiger partial charge in [-0.25, -0.2) is 4.52 Å². The van der Waals surface area contributed by atoms with Gasteiger partial charge in [-0.05, 0) is 5.56 Å². The number of likely N-dealkylation sites (N-methyl/N-ethyl adjacent to an activating group) is 1. The third-order valence-corrected chi connectivity index (χ3v) is 4.33. The van der Waals surface area contributed by atoms with Crippen LogP contribution in [0.25, 0.3) is 4.96 Å². The molecular formula is C16H16N4O2S. The average molecular weight is 328 g/mol. The van der Waals surface area contributed by atoms with Crippen LogP contribution in [0.5, 0.6) is 0 Å². The van der Waals surface area contributed by atoms with E-state index in [1.54, 1.807) is 18.6 Å². The summed E-state index contributed by atoms with van der Waals surface area (Å²) in [6, 6.07) is 9.66. The number of carbonyl (C=O) groups is 1. The molecule has 1 aromatic carbocycles. The lowest BCUT2D eigenvalue weighted by Crippen LogP contribution is -2.25. The van der Waals surface area contributed by atoms with E-state index in [1.165, 1.54) is 16.2 Å². The van der Waals surface area contributed by atoms with E-state index in [0.717, 1.165) is 11.3 Å². The molecule has 0 spiro atoms. The van der Waals surface area contributed by atoms with Crippen LogP contribution in [0.15, 0.2) is 40.5 Å². The molecule has 1 amide bonds. The highest BCUT2D eigenvalue weighted by atomic mass is 32.1. The van der Waals surface area contributed by atoms with Crippen molar-refractivity contribution in [2.24, 2.45) is 0 Å². The van der Waals surface area contributed by atoms with Gasteiger partial charge in [0.1, 0.15) is 5.69 Å². The van der Waals surface area contributed by atoms with Crippen molar-refractivity contribution in [1.82, 2.24) is 19.5 Å². The minimum absolute atomic E-state index is 0.0187. The number of hydrogen-bond acceptors (Lipinski definition) is 5. The summed E-state index contributed by atoms with van der Waals surface area (Å²) in [5.41, 5.74) is 1.80. The molecule has 0 aliphatic heterocycles. The van der Waals surface area contributed by atoms with Crippen molar-refractivity contribution < 1.29 is 4.79 Å². The van der Waals surface area contributed by atoms with Gasteiger partial charge in [-0.3, -0.25) is 9.59 Å². The number of nitrogens with zero attached hydrogens (tertiary/aromatic N) is 4. The Labute approximate surface area is 137 Å². The Morgan fingerprint density at radius 1 is 1.26 bits per heavy atom. The Kier molecular flexibility index (Phi) is 4.20. The second-order valence-electron chi connectivity index (χ2n) is 5.41. The van der Waals surface area contributed by atoms with Gasteiger partial charge < -0.3 is 4.90 Å². The topological polar surface area (TPSA) is 67.6 Å². The lowest BCUT2D eigenvalue weighted by molar-refractivity contribution is -0.128. The number of carbonyl (C=O) groups excluding carboxylic acids is 1. The second kappa shape index (κ2) is 6.29. The number of fused-ring (bicyclic) bond motifs is 1. The van der Waals surface area contributed by atoms with E-state index in [0.29, 0.717) is 17.1 Å². The van der Waals surface area contributed by atoms with Crippen molar-refractivity contribution in [1.29, 1.82) is 0 Å². The predicted octanol–water partition coefficient (Wildman–Crippen LogP) is 1.37. The van der Waals surface area contributed by atoms with Gasteiger partial charge in [0, 0.05) is 25.9 Å². The molecule has 0 aliphatic rings. The van der Waals surface area contributed by atoms with Crippen LogP contribution in [-0.4, -0.2) is 39.5 Å². The molecule has 0 atom stereocenters. The molecule has 0 bridgehead atoms. The molecular weight excluding hydrogens is 312 g/mol. The summed E-state index contributed by atoms with van der Waals surface area (Å²) in [5, 5.41) is 6.25. The summed E-state index contributed by atoms with van der Waals surface area (Å²) >= 11 is 1.32. The number of thiazole rings is 1. The molecule has 3 rings (SSSR count). The molecule has 0 aliphatic carbocycles. The quantitative estimate of drug-likeness (QED) is 0.725. The molecule has 2 heterocycles. The van der Waals surface area contributed by atoms with E-state index < -0.39 is 0 Å². The third kappa shape index (κ3) is 3.29. The highest BCUT2D eigenvalue weighted by Gasteiger charge is 2.14. The maximum Gasteiger partial charge on any atom is 0.296 e. The van der Waals surface area contributed by atoms with Crippen LogP contribution in [0.2, 0.25) is 0 Å². The monoisotopic (exact) mass is 328 g/mol. The minimum atomic E-state index is -0.318. The number of rotatable bonds is 4. The van der Waals surface area contributed by atoms with Gasteiger partial charge in [-0.2, -0.15) is 10.1 Å². The molecule has 0 unspecified atom stereocenters. The number of hydrogen-bond donors (Lipinski definition) is 0. The van der Waals surface area contributed by atoms with Crippen LogP contribution >= 0.6 is 11.3 Å². The SMILES string of the molecule is CN(C)C(=O)Cc1csc2nc(=O)c(Cc3ccccc3)nn12. The molecule has 3 aromatic rings. The van der Waals surface area contributed by atoms with Gasteiger partial charge in [0.05, 0.1) is 12.1 Å². The molecule has 0 fully saturated rings.